The van der Waals surface area contributed by atoms with Gasteiger partial charge in [0.15, 0.2) is 11.5 Å². The summed E-state index contributed by atoms with van der Waals surface area (Å²) in [5.74, 6) is 0.474. The van der Waals surface area contributed by atoms with Crippen LogP contribution in [0.3, 0.4) is 0 Å². The van der Waals surface area contributed by atoms with Crippen LogP contribution in [0.4, 0.5) is 5.69 Å². The molecule has 2 aromatic carbocycles. The summed E-state index contributed by atoms with van der Waals surface area (Å²) in [6, 6.07) is 14.4. The van der Waals surface area contributed by atoms with Crippen LogP contribution in [0.15, 0.2) is 54.9 Å². The van der Waals surface area contributed by atoms with Crippen molar-refractivity contribution in [3.63, 3.8) is 0 Å². The van der Waals surface area contributed by atoms with E-state index in [1.54, 1.807) is 29.1 Å². The van der Waals surface area contributed by atoms with E-state index in [2.05, 4.69) is 21.5 Å². The summed E-state index contributed by atoms with van der Waals surface area (Å²) in [5.41, 5.74) is 5.59. The molecular weight excluding hydrogens is 442 g/mol. The van der Waals surface area contributed by atoms with Gasteiger partial charge < -0.3 is 14.8 Å². The van der Waals surface area contributed by atoms with Crippen LogP contribution < -0.4 is 14.8 Å². The predicted molar refractivity (Wildman–Crippen MR) is 133 cm³/mol. The first-order valence-electron chi connectivity index (χ1n) is 10.9. The number of carbonyl (C=O) groups excluding carboxylic acids is 1. The van der Waals surface area contributed by atoms with E-state index in [0.717, 1.165) is 22.4 Å². The van der Waals surface area contributed by atoms with Crippen LogP contribution >= 0.6 is 0 Å². The zero-order valence-electron chi connectivity index (χ0n) is 20.2. The van der Waals surface area contributed by atoms with Gasteiger partial charge in [-0.3, -0.25) is 9.48 Å². The maximum Gasteiger partial charge on any atom is 0.261 e. The van der Waals surface area contributed by atoms with Crippen LogP contribution in [0.2, 0.25) is 0 Å². The second-order valence-corrected chi connectivity index (χ2v) is 8.18. The highest BCUT2D eigenvalue weighted by Gasteiger charge is 2.24. The monoisotopic (exact) mass is 467 g/mol. The largest absolute Gasteiger partial charge is 0.493 e. The van der Waals surface area contributed by atoms with Crippen molar-refractivity contribution < 1.29 is 14.3 Å². The SMILES string of the molecule is COc1cc(C#N)ccc1Oc1ncc(-c2cn(C)nc2C)c(C)c1C(=O)Nc1cccc(C)c1. The van der Waals surface area contributed by atoms with Gasteiger partial charge in [-0.25, -0.2) is 4.98 Å². The lowest BCUT2D eigenvalue weighted by molar-refractivity contribution is 0.102. The van der Waals surface area contributed by atoms with Crippen molar-refractivity contribution in [3.8, 4) is 34.6 Å². The van der Waals surface area contributed by atoms with Crippen molar-refractivity contribution >= 4 is 11.6 Å². The van der Waals surface area contributed by atoms with Gasteiger partial charge in [0.25, 0.3) is 5.91 Å². The predicted octanol–water partition coefficient (Wildman–Crippen LogP) is 5.33. The summed E-state index contributed by atoms with van der Waals surface area (Å²) in [7, 11) is 3.33. The molecule has 176 valence electrons. The molecule has 0 fully saturated rings. The fourth-order valence-corrected chi connectivity index (χ4v) is 3.90. The lowest BCUT2D eigenvalue weighted by Gasteiger charge is -2.17. The number of methoxy groups -OCH3 is 1. The lowest BCUT2D eigenvalue weighted by Crippen LogP contribution is -2.16. The van der Waals surface area contributed by atoms with Crippen molar-refractivity contribution in [2.24, 2.45) is 7.05 Å². The van der Waals surface area contributed by atoms with E-state index in [1.807, 2.05) is 58.3 Å². The van der Waals surface area contributed by atoms with E-state index in [-0.39, 0.29) is 11.8 Å². The van der Waals surface area contributed by atoms with Crippen molar-refractivity contribution in [2.45, 2.75) is 20.8 Å². The number of ether oxygens (including phenoxy) is 2. The van der Waals surface area contributed by atoms with Crippen LogP contribution in [-0.4, -0.2) is 27.8 Å². The minimum atomic E-state index is -0.355. The summed E-state index contributed by atoms with van der Waals surface area (Å²) < 4.78 is 13.2. The second kappa shape index (κ2) is 9.69. The highest BCUT2D eigenvalue weighted by atomic mass is 16.5. The number of anilines is 1. The number of hydrogen-bond acceptors (Lipinski definition) is 6. The number of carbonyl (C=O) groups is 1. The molecule has 0 aliphatic rings. The molecule has 0 atom stereocenters. The van der Waals surface area contributed by atoms with Gasteiger partial charge in [0, 0.05) is 42.3 Å². The van der Waals surface area contributed by atoms with Crippen molar-refractivity contribution in [1.29, 1.82) is 5.26 Å². The number of aryl methyl sites for hydroxylation is 3. The zero-order chi connectivity index (χ0) is 25.1. The first-order chi connectivity index (χ1) is 16.8. The zero-order valence-corrected chi connectivity index (χ0v) is 20.2. The van der Waals surface area contributed by atoms with Crippen LogP contribution in [0, 0.1) is 32.1 Å². The number of pyridine rings is 1. The third-order valence-electron chi connectivity index (χ3n) is 5.61. The van der Waals surface area contributed by atoms with Crippen molar-refractivity contribution in [1.82, 2.24) is 14.8 Å². The lowest BCUT2D eigenvalue weighted by atomic mass is 9.99. The molecule has 0 radical (unpaired) electrons. The van der Waals surface area contributed by atoms with E-state index in [4.69, 9.17) is 9.47 Å². The van der Waals surface area contributed by atoms with Gasteiger partial charge in [-0.05, 0) is 56.2 Å². The molecule has 1 N–H and O–H groups in total. The van der Waals surface area contributed by atoms with Gasteiger partial charge in [0.05, 0.1) is 24.4 Å². The molecule has 0 aliphatic heterocycles. The molecule has 0 unspecified atom stereocenters. The Bertz CT molecular complexity index is 1470. The Balaban J connectivity index is 1.83. The summed E-state index contributed by atoms with van der Waals surface area (Å²) in [4.78, 5) is 18.1. The van der Waals surface area contributed by atoms with E-state index >= 15 is 0 Å². The van der Waals surface area contributed by atoms with Gasteiger partial charge >= 0.3 is 0 Å². The Morgan fingerprint density at radius 2 is 1.89 bits per heavy atom. The quantitative estimate of drug-likeness (QED) is 0.411. The molecule has 0 spiro atoms. The number of nitrogens with one attached hydrogen (secondary N) is 1. The maximum absolute atomic E-state index is 13.6. The van der Waals surface area contributed by atoms with Crippen LogP contribution in [0.25, 0.3) is 11.1 Å². The second-order valence-electron chi connectivity index (χ2n) is 8.18. The van der Waals surface area contributed by atoms with Crippen LogP contribution in [-0.2, 0) is 7.05 Å². The summed E-state index contributed by atoms with van der Waals surface area (Å²) in [6.45, 7) is 5.73. The average Bonchev–Trinajstić information content (AvgIpc) is 3.16. The molecule has 0 bridgehead atoms. The van der Waals surface area contributed by atoms with E-state index in [0.29, 0.717) is 33.9 Å². The third kappa shape index (κ3) is 4.84. The number of aromatic nitrogens is 3. The Kier molecular flexibility index (Phi) is 6.51. The van der Waals surface area contributed by atoms with Gasteiger partial charge in [-0.1, -0.05) is 12.1 Å². The Hall–Kier alpha value is -4.64. The van der Waals surface area contributed by atoms with Gasteiger partial charge in [0.2, 0.25) is 5.88 Å². The molecule has 8 nitrogen and oxygen atoms in total. The van der Waals surface area contributed by atoms with Crippen LogP contribution in [0.5, 0.6) is 17.4 Å². The number of benzene rings is 2. The van der Waals surface area contributed by atoms with E-state index < -0.39 is 0 Å². The first-order valence-corrected chi connectivity index (χ1v) is 10.9. The summed E-state index contributed by atoms with van der Waals surface area (Å²) >= 11 is 0. The van der Waals surface area contributed by atoms with Crippen LogP contribution in [0.1, 0.15) is 32.7 Å². The highest BCUT2D eigenvalue weighted by Crippen LogP contribution is 2.37. The molecule has 4 aromatic rings. The third-order valence-corrected chi connectivity index (χ3v) is 5.61. The number of nitriles is 1. The first kappa shape index (κ1) is 23.5. The topological polar surface area (TPSA) is 102 Å². The van der Waals surface area contributed by atoms with E-state index in [1.165, 1.54) is 7.11 Å². The number of hydrogen-bond donors (Lipinski definition) is 1. The standard InChI is InChI=1S/C27H25N5O3/c1-16-7-6-8-20(11-16)30-26(33)25-17(2)21(22-15-32(4)31-18(22)3)14-29-27(25)35-23-10-9-19(13-28)12-24(23)34-5/h6-12,14-15H,1-5H3,(H,30,33). The molecule has 8 heteroatoms. The molecule has 1 amide bonds. The smallest absolute Gasteiger partial charge is 0.261 e. The molecule has 2 heterocycles. The minimum Gasteiger partial charge on any atom is -0.493 e. The highest BCUT2D eigenvalue weighted by molar-refractivity contribution is 6.08. The number of nitrogens with zero attached hydrogens (tertiary/aromatic N) is 4. The molecular formula is C27H25N5O3. The Labute approximate surface area is 203 Å². The Morgan fingerprint density at radius 3 is 2.54 bits per heavy atom. The minimum absolute atomic E-state index is 0.126. The van der Waals surface area contributed by atoms with Crippen molar-refractivity contribution in [2.75, 3.05) is 12.4 Å². The van der Waals surface area contributed by atoms with Gasteiger partial charge in [-0.15, -0.1) is 0 Å². The fraction of sp³-hybridized carbons (Fsp3) is 0.185. The normalized spacial score (nSPS) is 10.5. The fourth-order valence-electron chi connectivity index (χ4n) is 3.90. The maximum atomic E-state index is 13.6. The molecule has 0 saturated carbocycles. The van der Waals surface area contributed by atoms with Crippen molar-refractivity contribution in [3.05, 3.63) is 82.8 Å². The molecule has 0 aliphatic carbocycles. The number of amides is 1. The molecule has 2 aromatic heterocycles. The number of rotatable bonds is 6. The van der Waals surface area contributed by atoms with Gasteiger partial charge in [0.1, 0.15) is 5.56 Å². The molecule has 35 heavy (non-hydrogen) atoms. The molecule has 4 rings (SSSR count). The van der Waals surface area contributed by atoms with E-state index in [9.17, 15) is 10.1 Å². The summed E-state index contributed by atoms with van der Waals surface area (Å²) in [6.07, 6.45) is 3.57. The molecule has 0 saturated heterocycles. The summed E-state index contributed by atoms with van der Waals surface area (Å²) in [5, 5.41) is 16.6. The Morgan fingerprint density at radius 1 is 1.09 bits per heavy atom. The van der Waals surface area contributed by atoms with Gasteiger partial charge in [-0.2, -0.15) is 10.4 Å². The average molecular weight is 468 g/mol.